The van der Waals surface area contributed by atoms with Crippen molar-refractivity contribution in [1.82, 2.24) is 10.6 Å². The number of hydrogen-bond donors (Lipinski definition) is 2. The zero-order valence-electron chi connectivity index (χ0n) is 7.49. The molecule has 2 atom stereocenters. The normalized spacial score (nSPS) is 33.6. The molecule has 0 aromatic rings. The highest BCUT2D eigenvalue weighted by molar-refractivity contribution is 5.83. The summed E-state index contributed by atoms with van der Waals surface area (Å²) in [6.45, 7) is 0.628. The van der Waals surface area contributed by atoms with Crippen molar-refractivity contribution in [3.05, 3.63) is 35.6 Å². The summed E-state index contributed by atoms with van der Waals surface area (Å²) in [5, 5.41) is 6.21. The molecule has 2 heterocycles. The second-order valence-corrected chi connectivity index (χ2v) is 3.46. The predicted molar refractivity (Wildman–Crippen MR) is 50.1 cm³/mol. The molecule has 0 aromatic carbocycles. The van der Waals surface area contributed by atoms with Crippen molar-refractivity contribution in [2.45, 2.75) is 12.1 Å². The largest absolute Gasteiger partial charge is 0.452 e. The number of allylic oxidation sites excluding steroid dienone is 2. The van der Waals surface area contributed by atoms with Crippen LogP contribution in [0.15, 0.2) is 35.6 Å². The average molecular weight is 190 g/mol. The zero-order valence-corrected chi connectivity index (χ0v) is 7.49. The number of ether oxygens (including phenoxy) is 1. The first kappa shape index (κ1) is 7.82. The SMILES string of the molecule is O=C1OC2C=CC=CC2=C2NCNC12. The van der Waals surface area contributed by atoms with E-state index in [1.165, 1.54) is 0 Å². The van der Waals surface area contributed by atoms with Crippen molar-refractivity contribution in [2.24, 2.45) is 0 Å². The third-order valence-electron chi connectivity index (χ3n) is 2.64. The minimum absolute atomic E-state index is 0.196. The fraction of sp³-hybridized carbons (Fsp3) is 0.300. The Kier molecular flexibility index (Phi) is 1.52. The molecule has 0 aromatic heterocycles. The quantitative estimate of drug-likeness (QED) is 0.520. The predicted octanol–water partition coefficient (Wildman–Crippen LogP) is -0.189. The molecule has 0 saturated carbocycles. The van der Waals surface area contributed by atoms with Gasteiger partial charge in [-0.25, -0.2) is 4.79 Å². The zero-order chi connectivity index (χ0) is 9.54. The maximum Gasteiger partial charge on any atom is 0.330 e. The lowest BCUT2D eigenvalue weighted by Gasteiger charge is -2.27. The Hall–Kier alpha value is -1.55. The van der Waals surface area contributed by atoms with E-state index in [1.54, 1.807) is 0 Å². The van der Waals surface area contributed by atoms with Gasteiger partial charge in [0.05, 0.1) is 6.67 Å². The summed E-state index contributed by atoms with van der Waals surface area (Å²) >= 11 is 0. The van der Waals surface area contributed by atoms with Crippen LogP contribution in [0.1, 0.15) is 0 Å². The molecule has 0 spiro atoms. The molecule has 2 unspecified atom stereocenters. The van der Waals surface area contributed by atoms with Gasteiger partial charge in [-0.3, -0.25) is 5.32 Å². The van der Waals surface area contributed by atoms with Gasteiger partial charge < -0.3 is 10.1 Å². The van der Waals surface area contributed by atoms with E-state index in [4.69, 9.17) is 4.74 Å². The fourth-order valence-electron chi connectivity index (χ4n) is 1.98. The van der Waals surface area contributed by atoms with E-state index in [-0.39, 0.29) is 18.1 Å². The average Bonchev–Trinajstić information content (AvgIpc) is 2.67. The number of rotatable bonds is 0. The van der Waals surface area contributed by atoms with Crippen LogP contribution in [0, 0.1) is 0 Å². The highest BCUT2D eigenvalue weighted by Gasteiger charge is 2.38. The van der Waals surface area contributed by atoms with E-state index in [9.17, 15) is 4.79 Å². The molecule has 4 heteroatoms. The smallest absolute Gasteiger partial charge is 0.330 e. The maximum absolute atomic E-state index is 11.5. The highest BCUT2D eigenvalue weighted by atomic mass is 16.5. The van der Waals surface area contributed by atoms with E-state index >= 15 is 0 Å². The first-order valence-electron chi connectivity index (χ1n) is 4.63. The third kappa shape index (κ3) is 0.943. The van der Waals surface area contributed by atoms with Crippen LogP contribution in [0.3, 0.4) is 0 Å². The number of carbonyl (C=O) groups excluding carboxylic acids is 1. The lowest BCUT2D eigenvalue weighted by atomic mass is 9.96. The van der Waals surface area contributed by atoms with Gasteiger partial charge in [0.1, 0.15) is 12.1 Å². The number of fused-ring (bicyclic) bond motifs is 2. The number of hydrogen-bond acceptors (Lipinski definition) is 4. The second kappa shape index (κ2) is 2.72. The van der Waals surface area contributed by atoms with Gasteiger partial charge in [0, 0.05) is 11.3 Å². The molecule has 2 N–H and O–H groups in total. The van der Waals surface area contributed by atoms with Crippen LogP contribution in [0.25, 0.3) is 0 Å². The summed E-state index contributed by atoms with van der Waals surface area (Å²) in [6.07, 6.45) is 7.52. The van der Waals surface area contributed by atoms with Crippen LogP contribution in [0.5, 0.6) is 0 Å². The van der Waals surface area contributed by atoms with Crippen LogP contribution >= 0.6 is 0 Å². The Bertz CT molecular complexity index is 382. The molecule has 3 rings (SSSR count). The third-order valence-corrected chi connectivity index (χ3v) is 2.64. The topological polar surface area (TPSA) is 50.4 Å². The summed E-state index contributed by atoms with van der Waals surface area (Å²) < 4.78 is 5.27. The van der Waals surface area contributed by atoms with E-state index < -0.39 is 0 Å². The van der Waals surface area contributed by atoms with Crippen LogP contribution in [0.4, 0.5) is 0 Å². The number of nitrogens with one attached hydrogen (secondary N) is 2. The molecule has 0 amide bonds. The van der Waals surface area contributed by atoms with Gasteiger partial charge in [-0.1, -0.05) is 18.2 Å². The van der Waals surface area contributed by atoms with Crippen LogP contribution in [-0.2, 0) is 9.53 Å². The first-order chi connectivity index (χ1) is 6.86. The van der Waals surface area contributed by atoms with Gasteiger partial charge in [-0.05, 0) is 6.08 Å². The molecule has 2 aliphatic heterocycles. The summed E-state index contributed by atoms with van der Waals surface area (Å²) in [6, 6.07) is -0.294. The summed E-state index contributed by atoms with van der Waals surface area (Å²) in [5.41, 5.74) is 2.02. The molecule has 3 aliphatic rings. The van der Waals surface area contributed by atoms with Crippen LogP contribution in [0.2, 0.25) is 0 Å². The van der Waals surface area contributed by atoms with Crippen molar-refractivity contribution >= 4 is 5.97 Å². The van der Waals surface area contributed by atoms with Crippen molar-refractivity contribution in [1.29, 1.82) is 0 Å². The second-order valence-electron chi connectivity index (χ2n) is 3.46. The number of esters is 1. The molecule has 72 valence electrons. The van der Waals surface area contributed by atoms with Gasteiger partial charge in [0.25, 0.3) is 0 Å². The first-order valence-corrected chi connectivity index (χ1v) is 4.63. The van der Waals surface area contributed by atoms with Gasteiger partial charge in [-0.2, -0.15) is 0 Å². The Morgan fingerprint density at radius 2 is 2.36 bits per heavy atom. The van der Waals surface area contributed by atoms with E-state index in [1.807, 2.05) is 24.3 Å². The van der Waals surface area contributed by atoms with Crippen molar-refractivity contribution in [3.63, 3.8) is 0 Å². The van der Waals surface area contributed by atoms with Crippen LogP contribution < -0.4 is 10.6 Å². The molecular formula is C10H10N2O2. The van der Waals surface area contributed by atoms with Crippen molar-refractivity contribution in [3.8, 4) is 0 Å². The Balaban J connectivity index is 2.11. The maximum atomic E-state index is 11.5. The van der Waals surface area contributed by atoms with Gasteiger partial charge >= 0.3 is 5.97 Å². The Morgan fingerprint density at radius 1 is 1.43 bits per heavy atom. The summed E-state index contributed by atoms with van der Waals surface area (Å²) in [4.78, 5) is 11.5. The van der Waals surface area contributed by atoms with E-state index in [0.717, 1.165) is 11.3 Å². The Labute approximate surface area is 81.3 Å². The molecule has 14 heavy (non-hydrogen) atoms. The minimum atomic E-state index is -0.294. The van der Waals surface area contributed by atoms with Crippen molar-refractivity contribution < 1.29 is 9.53 Å². The van der Waals surface area contributed by atoms with Crippen molar-refractivity contribution in [2.75, 3.05) is 6.67 Å². The molecule has 1 fully saturated rings. The molecule has 1 saturated heterocycles. The highest BCUT2D eigenvalue weighted by Crippen LogP contribution is 2.27. The summed E-state index contributed by atoms with van der Waals surface area (Å²) in [7, 11) is 0. The molecular weight excluding hydrogens is 180 g/mol. The molecule has 4 nitrogen and oxygen atoms in total. The fourth-order valence-corrected chi connectivity index (χ4v) is 1.98. The van der Waals surface area contributed by atoms with E-state index in [2.05, 4.69) is 10.6 Å². The lowest BCUT2D eigenvalue weighted by molar-refractivity contribution is -0.147. The Morgan fingerprint density at radius 3 is 3.29 bits per heavy atom. The number of carbonyl (C=O) groups is 1. The van der Waals surface area contributed by atoms with Gasteiger partial charge in [0.15, 0.2) is 0 Å². The van der Waals surface area contributed by atoms with E-state index in [0.29, 0.717) is 6.67 Å². The molecule has 1 aliphatic carbocycles. The standard InChI is InChI=1S/C10H10N2O2/c13-10-9-8(11-5-12-9)6-3-1-2-4-7(6)14-10/h1-4,7,9,11-12H,5H2. The minimum Gasteiger partial charge on any atom is -0.452 e. The van der Waals surface area contributed by atoms with Gasteiger partial charge in [0.2, 0.25) is 0 Å². The molecule has 0 bridgehead atoms. The monoisotopic (exact) mass is 190 g/mol. The molecule has 0 radical (unpaired) electrons. The summed E-state index contributed by atoms with van der Waals surface area (Å²) in [5.74, 6) is -0.196. The van der Waals surface area contributed by atoms with Gasteiger partial charge in [-0.15, -0.1) is 0 Å². The lowest BCUT2D eigenvalue weighted by Crippen LogP contribution is -2.41. The van der Waals surface area contributed by atoms with Crippen LogP contribution in [-0.4, -0.2) is 24.8 Å².